The van der Waals surface area contributed by atoms with E-state index in [1.165, 1.54) is 0 Å². The summed E-state index contributed by atoms with van der Waals surface area (Å²) in [5.74, 6) is -0.734. The summed E-state index contributed by atoms with van der Waals surface area (Å²) >= 11 is 0. The van der Waals surface area contributed by atoms with E-state index in [-0.39, 0.29) is 24.5 Å². The molecule has 1 aromatic heterocycles. The van der Waals surface area contributed by atoms with Crippen molar-refractivity contribution < 1.29 is 14.3 Å². The monoisotopic (exact) mass is 371 g/mol. The summed E-state index contributed by atoms with van der Waals surface area (Å²) in [4.78, 5) is 32.6. The van der Waals surface area contributed by atoms with E-state index in [2.05, 4.69) is 11.5 Å². The third kappa shape index (κ3) is 3.45. The van der Waals surface area contributed by atoms with E-state index in [0.29, 0.717) is 12.5 Å². The maximum atomic E-state index is 13.4. The average molecular weight is 371 g/mol. The summed E-state index contributed by atoms with van der Waals surface area (Å²) in [5, 5.41) is 0. The number of amides is 1. The molecule has 0 unspecified atom stereocenters. The zero-order valence-electron chi connectivity index (χ0n) is 16.6. The largest absolute Gasteiger partial charge is 0.465 e. The molecule has 0 N–H and O–H groups in total. The Labute approximate surface area is 160 Å². The normalized spacial score (nSPS) is 19.6. The first kappa shape index (κ1) is 19.4. The van der Waals surface area contributed by atoms with Gasteiger partial charge in [0, 0.05) is 6.54 Å². The first-order valence-electron chi connectivity index (χ1n) is 9.96. The lowest BCUT2D eigenvalue weighted by atomic mass is 9.87. The van der Waals surface area contributed by atoms with Gasteiger partial charge in [0.15, 0.2) is 5.92 Å². The van der Waals surface area contributed by atoms with Crippen molar-refractivity contribution in [2.24, 2.45) is 11.8 Å². The molecule has 0 radical (unpaired) electrons. The van der Waals surface area contributed by atoms with E-state index in [1.54, 1.807) is 11.8 Å². The Kier molecular flexibility index (Phi) is 5.82. The summed E-state index contributed by atoms with van der Waals surface area (Å²) in [6, 6.07) is 7.56. The lowest BCUT2D eigenvalue weighted by Crippen LogP contribution is -2.51. The van der Waals surface area contributed by atoms with Crippen LogP contribution in [0.25, 0.3) is 11.0 Å². The smallest absolute Gasteiger partial charge is 0.320 e. The van der Waals surface area contributed by atoms with Gasteiger partial charge in [-0.3, -0.25) is 14.5 Å². The first-order valence-corrected chi connectivity index (χ1v) is 9.96. The summed E-state index contributed by atoms with van der Waals surface area (Å²) in [6.07, 6.45) is 2.98. The molecule has 2 atom stereocenters. The topological polar surface area (TPSA) is 64.4 Å². The molecule has 0 saturated heterocycles. The molecule has 3 rings (SSSR count). The molecule has 6 nitrogen and oxygen atoms in total. The predicted molar refractivity (Wildman–Crippen MR) is 106 cm³/mol. The number of carbonyl (C=O) groups is 2. The average Bonchev–Trinajstić information content (AvgIpc) is 3.01. The van der Waals surface area contributed by atoms with Gasteiger partial charge in [0.05, 0.1) is 23.7 Å². The molecular weight excluding hydrogens is 342 g/mol. The molecule has 0 aliphatic carbocycles. The second-order valence-electron chi connectivity index (χ2n) is 7.43. The number of imidazole rings is 1. The number of hydrogen-bond donors (Lipinski definition) is 0. The second-order valence-corrected chi connectivity index (χ2v) is 7.43. The van der Waals surface area contributed by atoms with Crippen LogP contribution >= 0.6 is 0 Å². The molecule has 6 heteroatoms. The molecule has 146 valence electrons. The van der Waals surface area contributed by atoms with Crippen molar-refractivity contribution in [3.63, 3.8) is 0 Å². The molecule has 0 spiro atoms. The van der Waals surface area contributed by atoms with Gasteiger partial charge in [0.25, 0.3) is 0 Å². The number of aromatic nitrogens is 2. The predicted octanol–water partition coefficient (Wildman–Crippen LogP) is 3.95. The van der Waals surface area contributed by atoms with Crippen LogP contribution in [0.2, 0.25) is 0 Å². The number of rotatable bonds is 7. The van der Waals surface area contributed by atoms with Crippen LogP contribution in [0, 0.1) is 11.8 Å². The van der Waals surface area contributed by atoms with E-state index in [9.17, 15) is 9.59 Å². The third-order valence-electron chi connectivity index (χ3n) is 5.20. The first-order chi connectivity index (χ1) is 13.0. The fraction of sp³-hybridized carbons (Fsp3) is 0.571. The highest BCUT2D eigenvalue weighted by atomic mass is 16.5. The number of anilines is 1. The van der Waals surface area contributed by atoms with E-state index < -0.39 is 11.9 Å². The van der Waals surface area contributed by atoms with E-state index in [1.807, 2.05) is 38.1 Å². The van der Waals surface area contributed by atoms with Crippen LogP contribution < -0.4 is 4.90 Å². The summed E-state index contributed by atoms with van der Waals surface area (Å²) in [7, 11) is 0. The van der Waals surface area contributed by atoms with Gasteiger partial charge < -0.3 is 9.30 Å². The van der Waals surface area contributed by atoms with Crippen LogP contribution in [0.5, 0.6) is 0 Å². The van der Waals surface area contributed by atoms with Gasteiger partial charge in [-0.25, -0.2) is 4.98 Å². The van der Waals surface area contributed by atoms with Gasteiger partial charge in [-0.2, -0.15) is 0 Å². The molecule has 1 amide bonds. The number of carbonyl (C=O) groups excluding carboxylic acids is 2. The molecule has 2 heterocycles. The quantitative estimate of drug-likeness (QED) is 0.420. The number of hydrogen-bond acceptors (Lipinski definition) is 4. The maximum Gasteiger partial charge on any atom is 0.320 e. The third-order valence-corrected chi connectivity index (χ3v) is 5.20. The highest BCUT2D eigenvalue weighted by molar-refractivity contribution is 6.08. The Morgan fingerprint density at radius 2 is 1.96 bits per heavy atom. The van der Waals surface area contributed by atoms with Crippen molar-refractivity contribution in [3.05, 3.63) is 24.3 Å². The molecular formula is C21H29N3O3. The van der Waals surface area contributed by atoms with Crippen molar-refractivity contribution in [2.75, 3.05) is 18.1 Å². The zero-order valence-corrected chi connectivity index (χ0v) is 16.6. The van der Waals surface area contributed by atoms with Crippen LogP contribution in [-0.4, -0.2) is 34.6 Å². The summed E-state index contributed by atoms with van der Waals surface area (Å²) in [6.45, 7) is 8.80. The van der Waals surface area contributed by atoms with Gasteiger partial charge in [0.2, 0.25) is 11.9 Å². The van der Waals surface area contributed by atoms with Gasteiger partial charge in [-0.1, -0.05) is 45.7 Å². The SMILES string of the molecule is CCCCCN1C(=O)[C@@H](C(=O)OCC)[C@@H](C(C)C)n2c1nc1ccccc12. The van der Waals surface area contributed by atoms with Crippen LogP contribution in [0.15, 0.2) is 24.3 Å². The Hall–Kier alpha value is -2.37. The molecule has 2 aromatic rings. The van der Waals surface area contributed by atoms with Crippen LogP contribution in [0.4, 0.5) is 5.95 Å². The number of para-hydroxylation sites is 2. The van der Waals surface area contributed by atoms with E-state index in [4.69, 9.17) is 9.72 Å². The molecule has 0 bridgehead atoms. The lowest BCUT2D eigenvalue weighted by Gasteiger charge is -2.39. The zero-order chi connectivity index (χ0) is 19.6. The van der Waals surface area contributed by atoms with Crippen LogP contribution in [0.1, 0.15) is 53.0 Å². The van der Waals surface area contributed by atoms with Gasteiger partial charge in [0.1, 0.15) is 0 Å². The number of benzene rings is 1. The minimum absolute atomic E-state index is 0.0810. The highest BCUT2D eigenvalue weighted by Gasteiger charge is 2.47. The fourth-order valence-electron chi connectivity index (χ4n) is 3.96. The molecule has 1 aliphatic rings. The van der Waals surface area contributed by atoms with Gasteiger partial charge >= 0.3 is 5.97 Å². The number of esters is 1. The van der Waals surface area contributed by atoms with Crippen molar-refractivity contribution in [1.29, 1.82) is 0 Å². The number of ether oxygens (including phenoxy) is 1. The minimum Gasteiger partial charge on any atom is -0.465 e. The molecule has 0 saturated carbocycles. The van der Waals surface area contributed by atoms with Crippen LogP contribution in [0.3, 0.4) is 0 Å². The minimum atomic E-state index is -0.836. The Morgan fingerprint density at radius 3 is 2.63 bits per heavy atom. The highest BCUT2D eigenvalue weighted by Crippen LogP contribution is 2.41. The maximum absolute atomic E-state index is 13.4. The fourth-order valence-corrected chi connectivity index (χ4v) is 3.96. The second kappa shape index (κ2) is 8.11. The molecule has 1 aromatic carbocycles. The molecule has 27 heavy (non-hydrogen) atoms. The lowest BCUT2D eigenvalue weighted by molar-refractivity contribution is -0.154. The summed E-state index contributed by atoms with van der Waals surface area (Å²) in [5.41, 5.74) is 1.80. The molecule has 0 fully saturated rings. The number of unbranched alkanes of at least 4 members (excludes halogenated alkanes) is 2. The Bertz CT molecular complexity index is 827. The number of fused-ring (bicyclic) bond motifs is 3. The standard InChI is InChI=1S/C21H29N3O3/c1-5-7-10-13-23-19(25)17(20(26)27-6-2)18(14(3)4)24-16-12-9-8-11-15(16)22-21(23)24/h8-9,11-12,14,17-18H,5-7,10,13H2,1-4H3/t17-,18+/m0/s1. The van der Waals surface area contributed by atoms with Gasteiger partial charge in [-0.15, -0.1) is 0 Å². The van der Waals surface area contributed by atoms with Crippen LogP contribution in [-0.2, 0) is 14.3 Å². The number of nitrogens with zero attached hydrogens (tertiary/aromatic N) is 3. The van der Waals surface area contributed by atoms with Gasteiger partial charge in [-0.05, 0) is 31.4 Å². The van der Waals surface area contributed by atoms with Crippen molar-refractivity contribution in [2.45, 2.75) is 53.0 Å². The molecule has 1 aliphatic heterocycles. The van der Waals surface area contributed by atoms with E-state index in [0.717, 1.165) is 30.3 Å². The van der Waals surface area contributed by atoms with Crippen molar-refractivity contribution in [3.8, 4) is 0 Å². The van der Waals surface area contributed by atoms with Crippen molar-refractivity contribution >= 4 is 28.9 Å². The summed E-state index contributed by atoms with van der Waals surface area (Å²) < 4.78 is 7.37. The van der Waals surface area contributed by atoms with E-state index >= 15 is 0 Å². The van der Waals surface area contributed by atoms with Crippen molar-refractivity contribution in [1.82, 2.24) is 9.55 Å². The Balaban J connectivity index is 2.16. The Morgan fingerprint density at radius 1 is 1.22 bits per heavy atom.